The van der Waals surface area contributed by atoms with E-state index >= 15 is 0 Å². The van der Waals surface area contributed by atoms with Crippen molar-refractivity contribution in [2.75, 3.05) is 7.05 Å². The Balaban J connectivity index is 2.20. The molecule has 0 aliphatic carbocycles. The Labute approximate surface area is 106 Å². The van der Waals surface area contributed by atoms with Crippen LogP contribution in [0.15, 0.2) is 30.6 Å². The number of hydrogen-bond acceptors (Lipinski definition) is 3. The molecule has 5 heteroatoms. The molecule has 0 fully saturated rings. The second kappa shape index (κ2) is 5.29. The van der Waals surface area contributed by atoms with Crippen LogP contribution in [0.2, 0.25) is 5.02 Å². The number of nitrogens with one attached hydrogen (secondary N) is 1. The lowest BCUT2D eigenvalue weighted by molar-refractivity contribution is 0.553. The molecular weight excluding hydrogens is 236 g/mol. The summed E-state index contributed by atoms with van der Waals surface area (Å²) in [5.74, 6) is 0.948. The van der Waals surface area contributed by atoms with E-state index in [2.05, 4.69) is 21.5 Å². The van der Waals surface area contributed by atoms with Crippen LogP contribution >= 0.6 is 11.6 Å². The van der Waals surface area contributed by atoms with Gasteiger partial charge in [0.2, 0.25) is 0 Å². The summed E-state index contributed by atoms with van der Waals surface area (Å²) in [6.07, 6.45) is 2.35. The van der Waals surface area contributed by atoms with Crippen LogP contribution in [0.1, 0.15) is 17.4 Å². The Morgan fingerprint density at radius 3 is 2.88 bits per heavy atom. The molecule has 4 nitrogen and oxygen atoms in total. The second-order valence-electron chi connectivity index (χ2n) is 3.90. The van der Waals surface area contributed by atoms with E-state index in [0.717, 1.165) is 22.8 Å². The summed E-state index contributed by atoms with van der Waals surface area (Å²) in [5.41, 5.74) is 1.16. The summed E-state index contributed by atoms with van der Waals surface area (Å²) in [4.78, 5) is 4.23. The molecule has 17 heavy (non-hydrogen) atoms. The summed E-state index contributed by atoms with van der Waals surface area (Å²) < 4.78 is 1.79. The predicted molar refractivity (Wildman–Crippen MR) is 68.0 cm³/mol. The number of nitrogens with zero attached hydrogens (tertiary/aromatic N) is 3. The van der Waals surface area contributed by atoms with Crippen molar-refractivity contribution in [2.24, 2.45) is 7.05 Å². The summed E-state index contributed by atoms with van der Waals surface area (Å²) >= 11 is 6.00. The van der Waals surface area contributed by atoms with E-state index in [1.807, 2.05) is 32.3 Å². The van der Waals surface area contributed by atoms with Gasteiger partial charge < -0.3 is 5.32 Å². The smallest absolute Gasteiger partial charge is 0.138 e. The maximum Gasteiger partial charge on any atom is 0.138 e. The van der Waals surface area contributed by atoms with Gasteiger partial charge in [-0.05, 0) is 24.7 Å². The Bertz CT molecular complexity index is 495. The van der Waals surface area contributed by atoms with Crippen molar-refractivity contribution in [3.05, 3.63) is 47.0 Å². The van der Waals surface area contributed by atoms with Gasteiger partial charge in [-0.2, -0.15) is 5.10 Å². The van der Waals surface area contributed by atoms with Gasteiger partial charge >= 0.3 is 0 Å². The molecule has 1 unspecified atom stereocenters. The number of benzene rings is 1. The van der Waals surface area contributed by atoms with E-state index in [0.29, 0.717) is 0 Å². The molecule has 90 valence electrons. The zero-order valence-corrected chi connectivity index (χ0v) is 10.6. The Kier molecular flexibility index (Phi) is 3.76. The zero-order valence-electron chi connectivity index (χ0n) is 9.89. The maximum atomic E-state index is 6.00. The lowest BCUT2D eigenvalue weighted by Crippen LogP contribution is -2.20. The van der Waals surface area contributed by atoms with Gasteiger partial charge in [0, 0.05) is 24.5 Å². The van der Waals surface area contributed by atoms with Crippen molar-refractivity contribution in [2.45, 2.75) is 12.5 Å². The van der Waals surface area contributed by atoms with Crippen molar-refractivity contribution >= 4 is 11.6 Å². The highest BCUT2D eigenvalue weighted by Gasteiger charge is 2.13. The Hall–Kier alpha value is -1.39. The van der Waals surface area contributed by atoms with Gasteiger partial charge in [0.05, 0.1) is 0 Å². The first-order valence-electron chi connectivity index (χ1n) is 5.46. The number of likely N-dealkylation sites (N-methyl/N-ethyl adjacent to an activating group) is 1. The van der Waals surface area contributed by atoms with Gasteiger partial charge in [0.1, 0.15) is 12.2 Å². The van der Waals surface area contributed by atoms with Gasteiger partial charge in [0.15, 0.2) is 0 Å². The van der Waals surface area contributed by atoms with E-state index in [1.54, 1.807) is 11.0 Å². The summed E-state index contributed by atoms with van der Waals surface area (Å²) in [5, 5.41) is 8.09. The molecule has 1 aromatic heterocycles. The Morgan fingerprint density at radius 2 is 2.29 bits per heavy atom. The van der Waals surface area contributed by atoms with E-state index < -0.39 is 0 Å². The van der Waals surface area contributed by atoms with Crippen LogP contribution in [0.5, 0.6) is 0 Å². The molecule has 0 aliphatic heterocycles. The van der Waals surface area contributed by atoms with Crippen molar-refractivity contribution in [3.8, 4) is 0 Å². The molecule has 1 heterocycles. The van der Waals surface area contributed by atoms with Crippen molar-refractivity contribution in [1.29, 1.82) is 0 Å². The van der Waals surface area contributed by atoms with Crippen LogP contribution in [0.4, 0.5) is 0 Å². The van der Waals surface area contributed by atoms with Gasteiger partial charge in [-0.25, -0.2) is 4.98 Å². The molecule has 0 radical (unpaired) electrons. The highest BCUT2D eigenvalue weighted by molar-refractivity contribution is 6.30. The average molecular weight is 251 g/mol. The third-order valence-corrected chi connectivity index (χ3v) is 3.03. The van der Waals surface area contributed by atoms with Crippen LogP contribution in [-0.4, -0.2) is 21.8 Å². The average Bonchev–Trinajstić information content (AvgIpc) is 2.71. The van der Waals surface area contributed by atoms with Gasteiger partial charge in [-0.3, -0.25) is 4.68 Å². The summed E-state index contributed by atoms with van der Waals surface area (Å²) in [7, 11) is 3.83. The Morgan fingerprint density at radius 1 is 1.47 bits per heavy atom. The van der Waals surface area contributed by atoms with Crippen LogP contribution in [0, 0.1) is 0 Å². The molecule has 2 rings (SSSR count). The minimum absolute atomic E-state index is 0.191. The van der Waals surface area contributed by atoms with E-state index in [4.69, 9.17) is 11.6 Å². The lowest BCUT2D eigenvalue weighted by Gasteiger charge is -2.16. The minimum Gasteiger partial charge on any atom is -0.313 e. The first-order valence-corrected chi connectivity index (χ1v) is 5.84. The summed E-state index contributed by atoms with van der Waals surface area (Å²) in [6.45, 7) is 0. The van der Waals surface area contributed by atoms with Crippen LogP contribution in [0.25, 0.3) is 0 Å². The third-order valence-electron chi connectivity index (χ3n) is 2.79. The van der Waals surface area contributed by atoms with Gasteiger partial charge in [-0.1, -0.05) is 23.7 Å². The molecule has 0 bridgehead atoms. The predicted octanol–water partition coefficient (Wildman–Crippen LogP) is 1.97. The van der Waals surface area contributed by atoms with Crippen LogP contribution < -0.4 is 5.32 Å². The van der Waals surface area contributed by atoms with E-state index in [9.17, 15) is 0 Å². The third kappa shape index (κ3) is 2.84. The molecule has 0 spiro atoms. The number of hydrogen-bond donors (Lipinski definition) is 1. The molecule has 1 aromatic carbocycles. The zero-order chi connectivity index (χ0) is 12.3. The van der Waals surface area contributed by atoms with Gasteiger partial charge in [0.25, 0.3) is 0 Å². The molecule has 2 aromatic rings. The first kappa shape index (κ1) is 12.1. The van der Waals surface area contributed by atoms with Crippen molar-refractivity contribution < 1.29 is 0 Å². The lowest BCUT2D eigenvalue weighted by atomic mass is 10.0. The topological polar surface area (TPSA) is 42.7 Å². The molecule has 1 N–H and O–H groups in total. The standard InChI is InChI=1S/C12H15ClN4/c1-14-11(7-12-15-8-16-17(12)2)9-4-3-5-10(13)6-9/h3-6,8,11,14H,7H2,1-2H3. The quantitative estimate of drug-likeness (QED) is 0.902. The second-order valence-corrected chi connectivity index (χ2v) is 4.34. The summed E-state index contributed by atoms with van der Waals surface area (Å²) in [6, 6.07) is 8.05. The molecule has 0 saturated heterocycles. The number of aryl methyl sites for hydroxylation is 1. The number of rotatable bonds is 4. The number of halogens is 1. The fraction of sp³-hybridized carbons (Fsp3) is 0.333. The van der Waals surface area contributed by atoms with E-state index in [1.165, 1.54) is 0 Å². The van der Waals surface area contributed by atoms with Crippen molar-refractivity contribution in [1.82, 2.24) is 20.1 Å². The van der Waals surface area contributed by atoms with Crippen molar-refractivity contribution in [3.63, 3.8) is 0 Å². The fourth-order valence-corrected chi connectivity index (χ4v) is 2.00. The van der Waals surface area contributed by atoms with Crippen LogP contribution in [-0.2, 0) is 13.5 Å². The van der Waals surface area contributed by atoms with Crippen LogP contribution in [0.3, 0.4) is 0 Å². The molecule has 0 amide bonds. The largest absolute Gasteiger partial charge is 0.313 e. The highest BCUT2D eigenvalue weighted by atomic mass is 35.5. The van der Waals surface area contributed by atoms with Gasteiger partial charge in [-0.15, -0.1) is 0 Å². The fourth-order valence-electron chi connectivity index (χ4n) is 1.80. The monoisotopic (exact) mass is 250 g/mol. The molecule has 0 saturated carbocycles. The van der Waals surface area contributed by atoms with E-state index in [-0.39, 0.29) is 6.04 Å². The number of aromatic nitrogens is 3. The highest BCUT2D eigenvalue weighted by Crippen LogP contribution is 2.20. The molecule has 0 aliphatic rings. The first-order chi connectivity index (χ1) is 8.20. The normalized spacial score (nSPS) is 12.6. The maximum absolute atomic E-state index is 6.00. The minimum atomic E-state index is 0.191. The SMILES string of the molecule is CNC(Cc1ncnn1C)c1cccc(Cl)c1. The molecule has 1 atom stereocenters. The molecular formula is C12H15ClN4.